The lowest BCUT2D eigenvalue weighted by molar-refractivity contribution is 0.0547. The highest BCUT2D eigenvalue weighted by Crippen LogP contribution is 2.20. The third kappa shape index (κ3) is 2.57. The minimum atomic E-state index is 0.664. The number of para-hydroxylation sites is 1. The average molecular weight is 245 g/mol. The van der Waals surface area contributed by atoms with E-state index in [0.29, 0.717) is 5.92 Å². The fourth-order valence-electron chi connectivity index (χ4n) is 2.55. The highest BCUT2D eigenvalue weighted by atomic mass is 16.5. The van der Waals surface area contributed by atoms with Crippen molar-refractivity contribution < 1.29 is 9.15 Å². The van der Waals surface area contributed by atoms with Gasteiger partial charge in [0.05, 0.1) is 12.9 Å². The van der Waals surface area contributed by atoms with Crippen molar-refractivity contribution in [3.8, 4) is 0 Å². The summed E-state index contributed by atoms with van der Waals surface area (Å²) in [5, 5.41) is 4.72. The lowest BCUT2D eigenvalue weighted by Gasteiger charge is -2.22. The van der Waals surface area contributed by atoms with E-state index in [9.17, 15) is 0 Å². The van der Waals surface area contributed by atoms with Gasteiger partial charge in [-0.15, -0.1) is 0 Å². The van der Waals surface area contributed by atoms with Crippen molar-refractivity contribution >= 4 is 11.0 Å². The van der Waals surface area contributed by atoms with Crippen LogP contribution in [0.1, 0.15) is 18.4 Å². The summed E-state index contributed by atoms with van der Waals surface area (Å²) in [6.07, 6.45) is 4.33. The number of furan rings is 1. The van der Waals surface area contributed by atoms with Gasteiger partial charge in [0.15, 0.2) is 0 Å². The Bertz CT molecular complexity index is 500. The van der Waals surface area contributed by atoms with Crippen molar-refractivity contribution in [1.29, 1.82) is 0 Å². The lowest BCUT2D eigenvalue weighted by Crippen LogP contribution is -2.28. The van der Waals surface area contributed by atoms with E-state index >= 15 is 0 Å². The maximum atomic E-state index is 5.53. The monoisotopic (exact) mass is 245 g/mol. The number of benzene rings is 1. The van der Waals surface area contributed by atoms with Crippen LogP contribution in [0.5, 0.6) is 0 Å². The molecule has 0 spiro atoms. The van der Waals surface area contributed by atoms with Crippen LogP contribution in [-0.4, -0.2) is 19.8 Å². The van der Waals surface area contributed by atoms with E-state index in [4.69, 9.17) is 9.15 Å². The van der Waals surface area contributed by atoms with Crippen LogP contribution in [0.3, 0.4) is 0 Å². The minimum absolute atomic E-state index is 0.664. The van der Waals surface area contributed by atoms with E-state index in [0.717, 1.165) is 31.9 Å². The van der Waals surface area contributed by atoms with Gasteiger partial charge in [-0.05, 0) is 24.8 Å². The predicted molar refractivity (Wildman–Crippen MR) is 71.5 cm³/mol. The van der Waals surface area contributed by atoms with Crippen LogP contribution < -0.4 is 5.32 Å². The Kier molecular flexibility index (Phi) is 3.62. The molecule has 1 unspecified atom stereocenters. The summed E-state index contributed by atoms with van der Waals surface area (Å²) >= 11 is 0. The van der Waals surface area contributed by atoms with Crippen molar-refractivity contribution in [3.05, 3.63) is 36.1 Å². The highest BCUT2D eigenvalue weighted by Gasteiger charge is 2.13. The van der Waals surface area contributed by atoms with E-state index in [-0.39, 0.29) is 0 Å². The Morgan fingerprint density at radius 3 is 3.11 bits per heavy atom. The first-order valence-electron chi connectivity index (χ1n) is 6.67. The molecule has 96 valence electrons. The predicted octanol–water partition coefficient (Wildman–Crippen LogP) is 2.95. The van der Waals surface area contributed by atoms with Gasteiger partial charge in [-0.2, -0.15) is 0 Å². The van der Waals surface area contributed by atoms with Crippen LogP contribution in [0.2, 0.25) is 0 Å². The molecule has 1 aliphatic rings. The molecule has 0 amide bonds. The summed E-state index contributed by atoms with van der Waals surface area (Å²) in [5.74, 6) is 0.664. The first-order chi connectivity index (χ1) is 8.93. The molecule has 0 saturated carbocycles. The van der Waals surface area contributed by atoms with Crippen LogP contribution in [0.4, 0.5) is 0 Å². The first kappa shape index (κ1) is 11.8. The Balaban J connectivity index is 1.56. The van der Waals surface area contributed by atoms with E-state index in [1.165, 1.54) is 23.8 Å². The fraction of sp³-hybridized carbons (Fsp3) is 0.467. The molecule has 1 aromatic carbocycles. The molecule has 3 nitrogen and oxygen atoms in total. The number of ether oxygens (including phenoxy) is 1. The van der Waals surface area contributed by atoms with E-state index < -0.39 is 0 Å². The molecular formula is C15H19NO2. The maximum Gasteiger partial charge on any atom is 0.134 e. The SMILES string of the molecule is c1ccc2c(CNCC3CCCOC3)coc2c1. The molecule has 18 heavy (non-hydrogen) atoms. The van der Waals surface area contributed by atoms with Gasteiger partial charge in [0, 0.05) is 30.6 Å². The van der Waals surface area contributed by atoms with Gasteiger partial charge in [0.2, 0.25) is 0 Å². The minimum Gasteiger partial charge on any atom is -0.464 e. The lowest BCUT2D eigenvalue weighted by atomic mass is 10.0. The van der Waals surface area contributed by atoms with Crippen molar-refractivity contribution in [1.82, 2.24) is 5.32 Å². The number of hydrogen-bond acceptors (Lipinski definition) is 3. The maximum absolute atomic E-state index is 5.53. The fourth-order valence-corrected chi connectivity index (χ4v) is 2.55. The zero-order valence-electron chi connectivity index (χ0n) is 10.5. The van der Waals surface area contributed by atoms with Gasteiger partial charge in [0.25, 0.3) is 0 Å². The first-order valence-corrected chi connectivity index (χ1v) is 6.67. The Hall–Kier alpha value is -1.32. The molecule has 2 aromatic rings. The van der Waals surface area contributed by atoms with Crippen LogP contribution in [0.25, 0.3) is 11.0 Å². The second-order valence-electron chi connectivity index (χ2n) is 4.97. The number of hydrogen-bond donors (Lipinski definition) is 1. The summed E-state index contributed by atoms with van der Waals surface area (Å²) in [6, 6.07) is 8.17. The molecular weight excluding hydrogens is 226 g/mol. The largest absolute Gasteiger partial charge is 0.464 e. The number of rotatable bonds is 4. The van der Waals surface area contributed by atoms with Gasteiger partial charge in [-0.1, -0.05) is 18.2 Å². The molecule has 1 aliphatic heterocycles. The zero-order chi connectivity index (χ0) is 12.2. The summed E-state index contributed by atoms with van der Waals surface area (Å²) in [7, 11) is 0. The van der Waals surface area contributed by atoms with Crippen molar-refractivity contribution in [3.63, 3.8) is 0 Å². The second kappa shape index (κ2) is 5.55. The third-order valence-electron chi connectivity index (χ3n) is 3.56. The quantitative estimate of drug-likeness (QED) is 0.899. The van der Waals surface area contributed by atoms with Gasteiger partial charge < -0.3 is 14.5 Å². The topological polar surface area (TPSA) is 34.4 Å². The Morgan fingerprint density at radius 1 is 1.28 bits per heavy atom. The standard InChI is InChI=1S/C15H19NO2/c1-2-6-15-14(5-1)13(11-18-15)9-16-8-12-4-3-7-17-10-12/h1-2,5-6,11-12,16H,3-4,7-10H2. The molecule has 2 heterocycles. The van der Waals surface area contributed by atoms with Crippen molar-refractivity contribution in [2.24, 2.45) is 5.92 Å². The van der Waals surface area contributed by atoms with Gasteiger partial charge in [0.1, 0.15) is 5.58 Å². The third-order valence-corrected chi connectivity index (χ3v) is 3.56. The molecule has 1 atom stereocenters. The summed E-state index contributed by atoms with van der Waals surface area (Å²) in [5.41, 5.74) is 2.21. The summed E-state index contributed by atoms with van der Waals surface area (Å²) in [4.78, 5) is 0. The van der Waals surface area contributed by atoms with Crippen molar-refractivity contribution in [2.75, 3.05) is 19.8 Å². The average Bonchev–Trinajstić information content (AvgIpc) is 2.84. The normalized spacial score (nSPS) is 20.3. The highest BCUT2D eigenvalue weighted by molar-refractivity contribution is 5.80. The van der Waals surface area contributed by atoms with Crippen molar-refractivity contribution in [2.45, 2.75) is 19.4 Å². The Morgan fingerprint density at radius 2 is 2.22 bits per heavy atom. The van der Waals surface area contributed by atoms with Gasteiger partial charge in [-0.25, -0.2) is 0 Å². The van der Waals surface area contributed by atoms with Crippen LogP contribution in [0.15, 0.2) is 34.9 Å². The van der Waals surface area contributed by atoms with Crippen LogP contribution >= 0.6 is 0 Å². The second-order valence-corrected chi connectivity index (χ2v) is 4.97. The van der Waals surface area contributed by atoms with Crippen LogP contribution in [0, 0.1) is 5.92 Å². The van der Waals surface area contributed by atoms with E-state index in [2.05, 4.69) is 17.4 Å². The summed E-state index contributed by atoms with van der Waals surface area (Å²) in [6.45, 7) is 3.73. The molecule has 0 radical (unpaired) electrons. The summed E-state index contributed by atoms with van der Waals surface area (Å²) < 4.78 is 11.0. The molecule has 3 heteroatoms. The van der Waals surface area contributed by atoms with Gasteiger partial charge in [-0.3, -0.25) is 0 Å². The molecule has 1 N–H and O–H groups in total. The Labute approximate surface area is 107 Å². The molecule has 0 bridgehead atoms. The molecule has 3 rings (SSSR count). The van der Waals surface area contributed by atoms with Crippen LogP contribution in [-0.2, 0) is 11.3 Å². The van der Waals surface area contributed by atoms with E-state index in [1.807, 2.05) is 18.4 Å². The van der Waals surface area contributed by atoms with E-state index in [1.54, 1.807) is 0 Å². The number of fused-ring (bicyclic) bond motifs is 1. The smallest absolute Gasteiger partial charge is 0.134 e. The molecule has 0 aliphatic carbocycles. The molecule has 1 fully saturated rings. The zero-order valence-corrected chi connectivity index (χ0v) is 10.5. The number of nitrogens with one attached hydrogen (secondary N) is 1. The molecule has 1 saturated heterocycles. The van der Waals surface area contributed by atoms with Gasteiger partial charge >= 0.3 is 0 Å². The molecule has 1 aromatic heterocycles.